The first-order chi connectivity index (χ1) is 13.1. The number of carbonyl (C=O) groups excluding carboxylic acids is 2. The molecule has 0 bridgehead atoms. The summed E-state index contributed by atoms with van der Waals surface area (Å²) < 4.78 is 0. The summed E-state index contributed by atoms with van der Waals surface area (Å²) in [5.74, 6) is 0.576. The molecule has 1 aromatic carbocycles. The van der Waals surface area contributed by atoms with E-state index in [4.69, 9.17) is 0 Å². The van der Waals surface area contributed by atoms with Gasteiger partial charge in [-0.1, -0.05) is 26.0 Å². The molecule has 0 spiro atoms. The van der Waals surface area contributed by atoms with E-state index >= 15 is 0 Å². The maximum atomic E-state index is 12.3. The number of amides is 2. The maximum absolute atomic E-state index is 12.3. The monoisotopic (exact) mass is 370 g/mol. The third-order valence-corrected chi connectivity index (χ3v) is 5.02. The molecule has 1 fully saturated rings. The lowest BCUT2D eigenvalue weighted by Gasteiger charge is -2.33. The minimum absolute atomic E-state index is 0.0405. The highest BCUT2D eigenvalue weighted by Gasteiger charge is 2.24. The molecule has 8 heteroatoms. The molecular weight excluding hydrogens is 344 g/mol. The highest BCUT2D eigenvalue weighted by Crippen LogP contribution is 2.20. The quantitative estimate of drug-likeness (QED) is 0.807. The SMILES string of the molecule is CC[C@H](C)c1ccc(NC(=O)CN2CCN(C(=O)c3ncn[nH]3)CC2)cc1. The molecule has 1 aliphatic rings. The van der Waals surface area contributed by atoms with Gasteiger partial charge in [-0.15, -0.1) is 0 Å². The van der Waals surface area contributed by atoms with E-state index in [0.717, 1.165) is 12.1 Å². The summed E-state index contributed by atoms with van der Waals surface area (Å²) in [5.41, 5.74) is 2.09. The van der Waals surface area contributed by atoms with E-state index in [1.165, 1.54) is 11.9 Å². The van der Waals surface area contributed by atoms with E-state index in [0.29, 0.717) is 38.6 Å². The van der Waals surface area contributed by atoms with Crippen LogP contribution < -0.4 is 5.32 Å². The number of H-pyrrole nitrogens is 1. The fourth-order valence-electron chi connectivity index (χ4n) is 3.10. The van der Waals surface area contributed by atoms with Gasteiger partial charge in [-0.2, -0.15) is 5.10 Å². The Hall–Kier alpha value is -2.74. The Labute approximate surface area is 159 Å². The van der Waals surface area contributed by atoms with Crippen molar-refractivity contribution in [2.24, 2.45) is 0 Å². The van der Waals surface area contributed by atoms with E-state index < -0.39 is 0 Å². The Morgan fingerprint density at radius 2 is 1.89 bits per heavy atom. The van der Waals surface area contributed by atoms with Crippen LogP contribution in [0.15, 0.2) is 30.6 Å². The molecule has 144 valence electrons. The Balaban J connectivity index is 1.45. The van der Waals surface area contributed by atoms with Crippen LogP contribution in [0.25, 0.3) is 0 Å². The molecule has 3 rings (SSSR count). The first-order valence-electron chi connectivity index (χ1n) is 9.33. The van der Waals surface area contributed by atoms with Gasteiger partial charge in [0.05, 0.1) is 6.54 Å². The molecule has 2 heterocycles. The molecule has 0 saturated carbocycles. The predicted octanol–water partition coefficient (Wildman–Crippen LogP) is 1.71. The Kier molecular flexibility index (Phi) is 6.18. The Bertz CT molecular complexity index is 751. The Morgan fingerprint density at radius 3 is 2.48 bits per heavy atom. The molecule has 1 aliphatic heterocycles. The molecule has 1 saturated heterocycles. The lowest BCUT2D eigenvalue weighted by Crippen LogP contribution is -2.50. The van der Waals surface area contributed by atoms with Crippen LogP contribution >= 0.6 is 0 Å². The number of hydrogen-bond donors (Lipinski definition) is 2. The number of aromatic nitrogens is 3. The summed E-state index contributed by atoms with van der Waals surface area (Å²) in [6, 6.07) is 8.04. The minimum Gasteiger partial charge on any atom is -0.333 e. The number of hydrogen-bond acceptors (Lipinski definition) is 5. The van der Waals surface area contributed by atoms with E-state index in [-0.39, 0.29) is 17.6 Å². The summed E-state index contributed by atoms with van der Waals surface area (Å²) in [5, 5.41) is 9.24. The van der Waals surface area contributed by atoms with Crippen LogP contribution in [-0.2, 0) is 4.79 Å². The molecule has 0 radical (unpaired) electrons. The van der Waals surface area contributed by atoms with Crippen LogP contribution in [0.3, 0.4) is 0 Å². The van der Waals surface area contributed by atoms with Gasteiger partial charge in [0.1, 0.15) is 6.33 Å². The molecule has 2 aromatic rings. The highest BCUT2D eigenvalue weighted by atomic mass is 16.2. The first kappa shape index (κ1) is 19.0. The van der Waals surface area contributed by atoms with Crippen molar-refractivity contribution in [2.75, 3.05) is 38.0 Å². The molecular formula is C19H26N6O2. The minimum atomic E-state index is -0.155. The number of rotatable bonds is 6. The van der Waals surface area contributed by atoms with Crippen molar-refractivity contribution >= 4 is 17.5 Å². The van der Waals surface area contributed by atoms with E-state index in [1.807, 2.05) is 17.0 Å². The topological polar surface area (TPSA) is 94.2 Å². The molecule has 0 aliphatic carbocycles. The van der Waals surface area contributed by atoms with Crippen LogP contribution in [0.1, 0.15) is 42.4 Å². The van der Waals surface area contributed by atoms with Crippen molar-refractivity contribution in [3.05, 3.63) is 42.0 Å². The average molecular weight is 370 g/mol. The first-order valence-corrected chi connectivity index (χ1v) is 9.33. The molecule has 0 unspecified atom stereocenters. The van der Waals surface area contributed by atoms with Crippen molar-refractivity contribution in [1.29, 1.82) is 0 Å². The van der Waals surface area contributed by atoms with Gasteiger partial charge < -0.3 is 10.2 Å². The normalized spacial score (nSPS) is 16.1. The van der Waals surface area contributed by atoms with Crippen molar-refractivity contribution in [1.82, 2.24) is 25.0 Å². The van der Waals surface area contributed by atoms with Crippen LogP contribution in [0.2, 0.25) is 0 Å². The number of benzene rings is 1. The van der Waals surface area contributed by atoms with E-state index in [2.05, 4.69) is 46.5 Å². The maximum Gasteiger partial charge on any atom is 0.291 e. The van der Waals surface area contributed by atoms with Crippen molar-refractivity contribution in [3.8, 4) is 0 Å². The van der Waals surface area contributed by atoms with Gasteiger partial charge in [0.2, 0.25) is 11.7 Å². The standard InChI is InChI=1S/C19H26N6O2/c1-3-14(2)15-4-6-16(7-5-15)22-17(26)12-24-8-10-25(11-9-24)19(27)18-20-13-21-23-18/h4-7,13-14H,3,8-12H2,1-2H3,(H,22,26)(H,20,21,23)/t14-/m0/s1. The number of piperazine rings is 1. The molecule has 1 aromatic heterocycles. The Morgan fingerprint density at radius 1 is 1.19 bits per heavy atom. The summed E-state index contributed by atoms with van der Waals surface area (Å²) in [4.78, 5) is 32.2. The number of nitrogens with zero attached hydrogens (tertiary/aromatic N) is 4. The third-order valence-electron chi connectivity index (χ3n) is 5.02. The average Bonchev–Trinajstić information content (AvgIpc) is 3.23. The van der Waals surface area contributed by atoms with Crippen molar-refractivity contribution in [2.45, 2.75) is 26.2 Å². The molecule has 2 amide bonds. The summed E-state index contributed by atoms with van der Waals surface area (Å²) in [6.07, 6.45) is 2.42. The third kappa shape index (κ3) is 4.91. The lowest BCUT2D eigenvalue weighted by molar-refractivity contribution is -0.117. The number of nitrogens with one attached hydrogen (secondary N) is 2. The zero-order valence-electron chi connectivity index (χ0n) is 15.8. The highest BCUT2D eigenvalue weighted by molar-refractivity contribution is 5.92. The summed E-state index contributed by atoms with van der Waals surface area (Å²) in [7, 11) is 0. The van der Waals surface area contributed by atoms with Gasteiger partial charge in [-0.25, -0.2) is 4.98 Å². The fourth-order valence-corrected chi connectivity index (χ4v) is 3.10. The van der Waals surface area contributed by atoms with Crippen LogP contribution in [0.4, 0.5) is 5.69 Å². The summed E-state index contributed by atoms with van der Waals surface area (Å²) >= 11 is 0. The van der Waals surface area contributed by atoms with E-state index in [9.17, 15) is 9.59 Å². The number of carbonyl (C=O) groups is 2. The second kappa shape index (κ2) is 8.77. The molecule has 8 nitrogen and oxygen atoms in total. The van der Waals surface area contributed by atoms with Crippen molar-refractivity contribution < 1.29 is 9.59 Å². The second-order valence-electron chi connectivity index (χ2n) is 6.88. The zero-order chi connectivity index (χ0) is 19.2. The van der Waals surface area contributed by atoms with Gasteiger partial charge >= 0.3 is 0 Å². The molecule has 1 atom stereocenters. The van der Waals surface area contributed by atoms with Gasteiger partial charge in [0.25, 0.3) is 5.91 Å². The van der Waals surface area contributed by atoms with Gasteiger partial charge in [-0.05, 0) is 30.0 Å². The van der Waals surface area contributed by atoms with E-state index in [1.54, 1.807) is 4.90 Å². The molecule has 2 N–H and O–H groups in total. The van der Waals surface area contributed by atoms with Crippen molar-refractivity contribution in [3.63, 3.8) is 0 Å². The summed E-state index contributed by atoms with van der Waals surface area (Å²) in [6.45, 7) is 7.12. The predicted molar refractivity (Wildman–Crippen MR) is 103 cm³/mol. The van der Waals surface area contributed by atoms with Crippen LogP contribution in [0.5, 0.6) is 0 Å². The van der Waals surface area contributed by atoms with Gasteiger partial charge in [-0.3, -0.25) is 19.6 Å². The lowest BCUT2D eigenvalue weighted by atomic mass is 9.99. The van der Waals surface area contributed by atoms with Crippen LogP contribution in [-0.4, -0.2) is 69.5 Å². The fraction of sp³-hybridized carbons (Fsp3) is 0.474. The molecule has 27 heavy (non-hydrogen) atoms. The zero-order valence-corrected chi connectivity index (χ0v) is 15.8. The second-order valence-corrected chi connectivity index (χ2v) is 6.88. The number of anilines is 1. The van der Waals surface area contributed by atoms with Gasteiger partial charge in [0.15, 0.2) is 0 Å². The van der Waals surface area contributed by atoms with Gasteiger partial charge in [0, 0.05) is 31.9 Å². The number of aromatic amines is 1. The largest absolute Gasteiger partial charge is 0.333 e. The smallest absolute Gasteiger partial charge is 0.291 e. The van der Waals surface area contributed by atoms with Crippen LogP contribution in [0, 0.1) is 0 Å².